The van der Waals surface area contributed by atoms with Gasteiger partial charge in [0, 0.05) is 37.3 Å². The third-order valence-electron chi connectivity index (χ3n) is 6.43. The Bertz CT molecular complexity index is 1180. The van der Waals surface area contributed by atoms with Crippen molar-refractivity contribution < 1.29 is 19.1 Å². The van der Waals surface area contributed by atoms with Crippen molar-refractivity contribution in [2.24, 2.45) is 5.92 Å². The molecule has 2 aliphatic rings. The first-order chi connectivity index (χ1) is 15.7. The van der Waals surface area contributed by atoms with E-state index in [4.69, 9.17) is 9.47 Å². The Hall–Kier alpha value is -3.38. The lowest BCUT2D eigenvalue weighted by Crippen LogP contribution is -2.32. The number of methoxy groups -OCH3 is 1. The third-order valence-corrected chi connectivity index (χ3v) is 6.43. The molecule has 1 fully saturated rings. The topological polar surface area (TPSA) is 67.9 Å². The minimum absolute atomic E-state index is 0.0121. The van der Waals surface area contributed by atoms with Gasteiger partial charge in [-0.3, -0.25) is 9.59 Å². The lowest BCUT2D eigenvalue weighted by atomic mass is 10.00. The Kier molecular flexibility index (Phi) is 5.53. The number of benzene rings is 3. The molecule has 3 aromatic carbocycles. The highest BCUT2D eigenvalue weighted by molar-refractivity contribution is 6.16. The summed E-state index contributed by atoms with van der Waals surface area (Å²) in [6.07, 6.45) is 1.96. The van der Waals surface area contributed by atoms with Crippen molar-refractivity contribution in [2.45, 2.75) is 19.4 Å². The molecule has 3 aromatic rings. The minimum atomic E-state index is -0.243. The van der Waals surface area contributed by atoms with Crippen LogP contribution in [0.25, 0.3) is 10.8 Å². The quantitative estimate of drug-likeness (QED) is 0.648. The van der Waals surface area contributed by atoms with E-state index in [-0.39, 0.29) is 11.8 Å². The molecule has 0 aliphatic carbocycles. The number of nitrogens with one attached hydrogen (secondary N) is 1. The fourth-order valence-electron chi connectivity index (χ4n) is 4.75. The highest BCUT2D eigenvalue weighted by Gasteiger charge is 2.32. The van der Waals surface area contributed by atoms with Crippen molar-refractivity contribution in [3.8, 4) is 5.75 Å². The number of ether oxygens (including phenoxy) is 2. The first-order valence-electron chi connectivity index (χ1n) is 11.0. The molecule has 0 spiro atoms. The van der Waals surface area contributed by atoms with E-state index in [9.17, 15) is 9.59 Å². The highest BCUT2D eigenvalue weighted by atomic mass is 16.5. The van der Waals surface area contributed by atoms with Crippen LogP contribution in [0.2, 0.25) is 0 Å². The Morgan fingerprint density at radius 3 is 2.62 bits per heavy atom. The standard InChI is InChI=1S/C26H26N2O4/c1-31-23-10-9-21(19-6-2-3-7-20(19)23)25(29)27-22-8-4-5-18-16-28(26(30)24(18)22)15-17-11-13-32-14-12-17/h2-10,17H,11-16H2,1H3,(H,27,29). The molecular formula is C26H26N2O4. The molecule has 0 atom stereocenters. The number of amides is 2. The Morgan fingerprint density at radius 2 is 1.84 bits per heavy atom. The fraction of sp³-hybridized carbons (Fsp3) is 0.308. The van der Waals surface area contributed by atoms with Gasteiger partial charge in [0.05, 0.1) is 18.4 Å². The maximum atomic E-state index is 13.2. The number of anilines is 1. The third kappa shape index (κ3) is 3.71. The van der Waals surface area contributed by atoms with Crippen LogP contribution < -0.4 is 10.1 Å². The molecule has 6 nitrogen and oxygen atoms in total. The first kappa shape index (κ1) is 20.5. The maximum absolute atomic E-state index is 13.2. The van der Waals surface area contributed by atoms with Crippen LogP contribution in [0, 0.1) is 5.92 Å². The molecule has 0 radical (unpaired) electrons. The summed E-state index contributed by atoms with van der Waals surface area (Å²) in [7, 11) is 1.62. The van der Waals surface area contributed by atoms with Crippen LogP contribution in [-0.2, 0) is 11.3 Å². The van der Waals surface area contributed by atoms with Crippen LogP contribution in [0.15, 0.2) is 54.6 Å². The van der Waals surface area contributed by atoms with Gasteiger partial charge in [0.1, 0.15) is 5.75 Å². The van der Waals surface area contributed by atoms with Crippen molar-refractivity contribution in [1.29, 1.82) is 0 Å². The van der Waals surface area contributed by atoms with Gasteiger partial charge < -0.3 is 19.7 Å². The Balaban J connectivity index is 1.40. The molecule has 1 saturated heterocycles. The number of hydrogen-bond donors (Lipinski definition) is 1. The lowest BCUT2D eigenvalue weighted by molar-refractivity contribution is 0.0469. The zero-order chi connectivity index (χ0) is 22.1. The van der Waals surface area contributed by atoms with Gasteiger partial charge in [-0.15, -0.1) is 0 Å². The molecule has 0 saturated carbocycles. The summed E-state index contributed by atoms with van der Waals surface area (Å²) in [5.41, 5.74) is 2.67. The van der Waals surface area contributed by atoms with Crippen molar-refractivity contribution in [3.63, 3.8) is 0 Å². The predicted molar refractivity (Wildman–Crippen MR) is 123 cm³/mol. The van der Waals surface area contributed by atoms with Crippen LogP contribution >= 0.6 is 0 Å². The molecule has 1 N–H and O–H groups in total. The molecule has 0 aromatic heterocycles. The van der Waals surface area contributed by atoms with E-state index >= 15 is 0 Å². The molecule has 0 unspecified atom stereocenters. The normalized spacial score (nSPS) is 16.3. The van der Waals surface area contributed by atoms with Crippen molar-refractivity contribution in [2.75, 3.05) is 32.2 Å². The van der Waals surface area contributed by atoms with Gasteiger partial charge in [0.25, 0.3) is 11.8 Å². The molecule has 6 heteroatoms. The largest absolute Gasteiger partial charge is 0.496 e. The average Bonchev–Trinajstić information content (AvgIpc) is 3.15. The van der Waals surface area contributed by atoms with E-state index in [0.717, 1.165) is 54.7 Å². The summed E-state index contributed by atoms with van der Waals surface area (Å²) in [5, 5.41) is 4.68. The highest BCUT2D eigenvalue weighted by Crippen LogP contribution is 2.33. The molecule has 32 heavy (non-hydrogen) atoms. The number of hydrogen-bond acceptors (Lipinski definition) is 4. The van der Waals surface area contributed by atoms with Gasteiger partial charge >= 0.3 is 0 Å². The minimum Gasteiger partial charge on any atom is -0.496 e. The van der Waals surface area contributed by atoms with Crippen LogP contribution in [0.3, 0.4) is 0 Å². The second-order valence-corrected chi connectivity index (χ2v) is 8.40. The summed E-state index contributed by atoms with van der Waals surface area (Å²) in [5.74, 6) is 0.928. The zero-order valence-electron chi connectivity index (χ0n) is 18.1. The monoisotopic (exact) mass is 430 g/mol. The molecule has 5 rings (SSSR count). The van der Waals surface area contributed by atoms with Gasteiger partial charge in [-0.2, -0.15) is 0 Å². The zero-order valence-corrected chi connectivity index (χ0v) is 18.1. The second-order valence-electron chi connectivity index (χ2n) is 8.40. The summed E-state index contributed by atoms with van der Waals surface area (Å²) < 4.78 is 10.9. The number of fused-ring (bicyclic) bond motifs is 2. The van der Waals surface area contributed by atoms with Crippen LogP contribution in [0.4, 0.5) is 5.69 Å². The number of carbonyl (C=O) groups excluding carboxylic acids is 2. The van der Waals surface area contributed by atoms with E-state index < -0.39 is 0 Å². The molecule has 2 heterocycles. The van der Waals surface area contributed by atoms with E-state index in [1.54, 1.807) is 25.3 Å². The van der Waals surface area contributed by atoms with Crippen molar-refractivity contribution in [3.05, 3.63) is 71.3 Å². The molecular weight excluding hydrogens is 404 g/mol. The summed E-state index contributed by atoms with van der Waals surface area (Å²) in [4.78, 5) is 28.4. The number of carbonyl (C=O) groups is 2. The summed E-state index contributed by atoms with van der Waals surface area (Å²) in [6, 6.07) is 16.9. The SMILES string of the molecule is COc1ccc(C(=O)Nc2cccc3c2C(=O)N(CC2CCOCC2)C3)c2ccccc12. The Morgan fingerprint density at radius 1 is 1.06 bits per heavy atom. The van der Waals surface area contributed by atoms with E-state index in [2.05, 4.69) is 5.32 Å². The Labute approximate surface area is 187 Å². The second kappa shape index (κ2) is 8.63. The first-order valence-corrected chi connectivity index (χ1v) is 11.0. The van der Waals surface area contributed by atoms with Gasteiger partial charge in [0.2, 0.25) is 0 Å². The van der Waals surface area contributed by atoms with Crippen LogP contribution in [0.5, 0.6) is 5.75 Å². The fourth-order valence-corrected chi connectivity index (χ4v) is 4.75. The van der Waals surface area contributed by atoms with Crippen LogP contribution in [-0.4, -0.2) is 43.6 Å². The molecule has 164 valence electrons. The number of rotatable bonds is 5. The maximum Gasteiger partial charge on any atom is 0.256 e. The van der Waals surface area contributed by atoms with E-state index in [0.29, 0.717) is 29.3 Å². The van der Waals surface area contributed by atoms with Crippen molar-refractivity contribution in [1.82, 2.24) is 4.90 Å². The number of nitrogens with zero attached hydrogens (tertiary/aromatic N) is 1. The summed E-state index contributed by atoms with van der Waals surface area (Å²) in [6.45, 7) is 2.83. The average molecular weight is 431 g/mol. The predicted octanol–water partition coefficient (Wildman–Crippen LogP) is 4.48. The molecule has 2 aliphatic heterocycles. The summed E-state index contributed by atoms with van der Waals surface area (Å²) >= 11 is 0. The molecule has 2 amide bonds. The van der Waals surface area contributed by atoms with Gasteiger partial charge in [-0.05, 0) is 47.9 Å². The smallest absolute Gasteiger partial charge is 0.256 e. The van der Waals surface area contributed by atoms with Gasteiger partial charge in [-0.1, -0.05) is 36.4 Å². The van der Waals surface area contributed by atoms with Gasteiger partial charge in [0.15, 0.2) is 0 Å². The van der Waals surface area contributed by atoms with E-state index in [1.165, 1.54) is 0 Å². The molecule has 0 bridgehead atoms. The van der Waals surface area contributed by atoms with Crippen molar-refractivity contribution >= 4 is 28.3 Å². The van der Waals surface area contributed by atoms with E-state index in [1.807, 2.05) is 41.3 Å². The van der Waals surface area contributed by atoms with Crippen LogP contribution in [0.1, 0.15) is 39.1 Å². The van der Waals surface area contributed by atoms with Gasteiger partial charge in [-0.25, -0.2) is 0 Å². The lowest BCUT2D eigenvalue weighted by Gasteiger charge is -2.26.